The largest absolute Gasteiger partial charge is 0.370 e. The number of aromatic nitrogens is 2. The van der Waals surface area contributed by atoms with E-state index in [2.05, 4.69) is 26.1 Å². The van der Waals surface area contributed by atoms with Crippen molar-refractivity contribution in [2.75, 3.05) is 11.9 Å². The minimum Gasteiger partial charge on any atom is -0.370 e. The number of nitrogens with one attached hydrogen (secondary N) is 1. The highest BCUT2D eigenvalue weighted by Crippen LogP contribution is 2.52. The van der Waals surface area contributed by atoms with E-state index in [4.69, 9.17) is 9.97 Å². The van der Waals surface area contributed by atoms with Crippen LogP contribution in [0.2, 0.25) is 0 Å². The van der Waals surface area contributed by atoms with Crippen LogP contribution in [0.4, 0.5) is 5.82 Å². The molecular formula is C17H27N3. The first kappa shape index (κ1) is 13.8. The first-order valence-corrected chi connectivity index (χ1v) is 8.34. The fourth-order valence-electron chi connectivity index (χ4n) is 4.16. The van der Waals surface area contributed by atoms with Crippen LogP contribution in [0.1, 0.15) is 69.0 Å². The third kappa shape index (κ3) is 2.43. The summed E-state index contributed by atoms with van der Waals surface area (Å²) in [6, 6.07) is 0. The lowest BCUT2D eigenvalue weighted by atomic mass is 9.88. The molecule has 0 aliphatic heterocycles. The molecule has 2 saturated carbocycles. The summed E-state index contributed by atoms with van der Waals surface area (Å²) in [5, 5.41) is 3.51. The van der Waals surface area contributed by atoms with Crippen molar-refractivity contribution in [3.63, 3.8) is 0 Å². The summed E-state index contributed by atoms with van der Waals surface area (Å²) >= 11 is 0. The average molecular weight is 273 g/mol. The van der Waals surface area contributed by atoms with E-state index >= 15 is 0 Å². The lowest BCUT2D eigenvalue weighted by Gasteiger charge is -2.22. The molecule has 3 unspecified atom stereocenters. The second-order valence-corrected chi connectivity index (χ2v) is 6.56. The summed E-state index contributed by atoms with van der Waals surface area (Å²) in [6.07, 6.45) is 7.72. The van der Waals surface area contributed by atoms with Gasteiger partial charge in [0.05, 0.1) is 0 Å². The van der Waals surface area contributed by atoms with E-state index in [1.54, 1.807) is 0 Å². The van der Waals surface area contributed by atoms with Crippen LogP contribution in [0, 0.1) is 18.8 Å². The zero-order valence-corrected chi connectivity index (χ0v) is 13.1. The van der Waals surface area contributed by atoms with Gasteiger partial charge in [-0.2, -0.15) is 0 Å². The molecule has 2 aliphatic rings. The minimum atomic E-state index is 0.625. The molecule has 20 heavy (non-hydrogen) atoms. The maximum Gasteiger partial charge on any atom is 0.134 e. The molecule has 2 bridgehead atoms. The standard InChI is InChI=1S/C17H27N3/c1-4-8-18-16-14(5-2)11(3)19-17(20-16)15-10-12-6-7-13(15)9-12/h12-13,15H,4-10H2,1-3H3,(H,18,19,20). The number of hydrogen-bond donors (Lipinski definition) is 1. The Morgan fingerprint density at radius 2 is 2.00 bits per heavy atom. The van der Waals surface area contributed by atoms with Crippen molar-refractivity contribution in [3.05, 3.63) is 17.1 Å². The molecule has 0 saturated heterocycles. The summed E-state index contributed by atoms with van der Waals surface area (Å²) < 4.78 is 0. The van der Waals surface area contributed by atoms with Crippen molar-refractivity contribution < 1.29 is 0 Å². The Morgan fingerprint density at radius 3 is 2.60 bits per heavy atom. The molecule has 0 radical (unpaired) electrons. The lowest BCUT2D eigenvalue weighted by Crippen LogP contribution is -2.16. The van der Waals surface area contributed by atoms with Crippen molar-refractivity contribution in [3.8, 4) is 0 Å². The lowest BCUT2D eigenvalue weighted by molar-refractivity contribution is 0.405. The van der Waals surface area contributed by atoms with Crippen LogP contribution in [-0.4, -0.2) is 16.5 Å². The van der Waals surface area contributed by atoms with Gasteiger partial charge < -0.3 is 5.32 Å². The van der Waals surface area contributed by atoms with Gasteiger partial charge in [0.1, 0.15) is 11.6 Å². The molecule has 2 fully saturated rings. The normalized spacial score (nSPS) is 28.1. The van der Waals surface area contributed by atoms with Gasteiger partial charge in [-0.3, -0.25) is 0 Å². The Kier molecular flexibility index (Phi) is 3.95. The third-order valence-electron chi connectivity index (χ3n) is 5.20. The van der Waals surface area contributed by atoms with Gasteiger partial charge in [0, 0.05) is 23.7 Å². The fraction of sp³-hybridized carbons (Fsp3) is 0.765. The van der Waals surface area contributed by atoms with Gasteiger partial charge in [-0.1, -0.05) is 20.3 Å². The van der Waals surface area contributed by atoms with E-state index in [0.717, 1.165) is 42.9 Å². The Balaban J connectivity index is 1.89. The molecule has 3 atom stereocenters. The summed E-state index contributed by atoms with van der Waals surface area (Å²) in [5.41, 5.74) is 2.48. The van der Waals surface area contributed by atoms with Gasteiger partial charge in [0.15, 0.2) is 0 Å². The van der Waals surface area contributed by atoms with Gasteiger partial charge in [-0.15, -0.1) is 0 Å². The van der Waals surface area contributed by atoms with Gasteiger partial charge in [-0.05, 0) is 50.9 Å². The molecule has 2 aliphatic carbocycles. The number of fused-ring (bicyclic) bond motifs is 2. The topological polar surface area (TPSA) is 37.8 Å². The smallest absolute Gasteiger partial charge is 0.134 e. The van der Waals surface area contributed by atoms with Gasteiger partial charge in [-0.25, -0.2) is 9.97 Å². The van der Waals surface area contributed by atoms with E-state index in [1.807, 2.05) is 0 Å². The van der Waals surface area contributed by atoms with Crippen molar-refractivity contribution >= 4 is 5.82 Å². The number of nitrogens with zero attached hydrogens (tertiary/aromatic N) is 2. The molecular weight excluding hydrogens is 246 g/mol. The second kappa shape index (κ2) is 5.71. The van der Waals surface area contributed by atoms with Gasteiger partial charge >= 0.3 is 0 Å². The van der Waals surface area contributed by atoms with Crippen LogP contribution >= 0.6 is 0 Å². The van der Waals surface area contributed by atoms with Crippen molar-refractivity contribution in [1.82, 2.24) is 9.97 Å². The number of aryl methyl sites for hydroxylation is 1. The summed E-state index contributed by atoms with van der Waals surface area (Å²) in [5.74, 6) is 4.64. The number of hydrogen-bond acceptors (Lipinski definition) is 3. The fourth-order valence-corrected chi connectivity index (χ4v) is 4.16. The second-order valence-electron chi connectivity index (χ2n) is 6.56. The quantitative estimate of drug-likeness (QED) is 0.878. The van der Waals surface area contributed by atoms with Crippen LogP contribution in [0.25, 0.3) is 0 Å². The van der Waals surface area contributed by atoms with E-state index in [1.165, 1.54) is 36.9 Å². The monoisotopic (exact) mass is 273 g/mol. The number of rotatable bonds is 5. The molecule has 1 aromatic rings. The molecule has 0 spiro atoms. The zero-order valence-electron chi connectivity index (χ0n) is 13.1. The molecule has 3 nitrogen and oxygen atoms in total. The SMILES string of the molecule is CCCNc1nc(C2CC3CCC2C3)nc(C)c1CC. The van der Waals surface area contributed by atoms with Crippen molar-refractivity contribution in [1.29, 1.82) is 0 Å². The van der Waals surface area contributed by atoms with Crippen LogP contribution in [0.5, 0.6) is 0 Å². The van der Waals surface area contributed by atoms with E-state index < -0.39 is 0 Å². The summed E-state index contributed by atoms with van der Waals surface area (Å²) in [7, 11) is 0. The Morgan fingerprint density at radius 1 is 1.15 bits per heavy atom. The van der Waals surface area contributed by atoms with E-state index in [9.17, 15) is 0 Å². The van der Waals surface area contributed by atoms with Crippen molar-refractivity contribution in [2.24, 2.45) is 11.8 Å². The highest BCUT2D eigenvalue weighted by atomic mass is 15.0. The molecule has 110 valence electrons. The zero-order chi connectivity index (χ0) is 14.1. The molecule has 1 aromatic heterocycles. The molecule has 3 rings (SSSR count). The maximum absolute atomic E-state index is 4.92. The highest BCUT2D eigenvalue weighted by Gasteiger charge is 2.41. The number of anilines is 1. The Hall–Kier alpha value is -1.12. The van der Waals surface area contributed by atoms with Crippen LogP contribution < -0.4 is 5.32 Å². The molecule has 0 amide bonds. The summed E-state index contributed by atoms with van der Waals surface area (Å²) in [6.45, 7) is 7.54. The van der Waals surface area contributed by atoms with E-state index in [0.29, 0.717) is 5.92 Å². The predicted molar refractivity (Wildman–Crippen MR) is 83.1 cm³/mol. The predicted octanol–water partition coefficient (Wildman–Crippen LogP) is 4.07. The Bertz CT molecular complexity index is 483. The van der Waals surface area contributed by atoms with Crippen molar-refractivity contribution in [2.45, 2.75) is 65.2 Å². The first-order valence-electron chi connectivity index (χ1n) is 8.34. The molecule has 1 heterocycles. The van der Waals surface area contributed by atoms with Crippen LogP contribution in [0.3, 0.4) is 0 Å². The maximum atomic E-state index is 4.92. The summed E-state index contributed by atoms with van der Waals surface area (Å²) in [4.78, 5) is 9.78. The molecule has 1 N–H and O–H groups in total. The molecule has 3 heteroatoms. The van der Waals surface area contributed by atoms with Crippen LogP contribution in [-0.2, 0) is 6.42 Å². The third-order valence-corrected chi connectivity index (χ3v) is 5.20. The Labute approximate surface area is 122 Å². The van der Waals surface area contributed by atoms with Gasteiger partial charge in [0.2, 0.25) is 0 Å². The molecule has 0 aromatic carbocycles. The average Bonchev–Trinajstić information content (AvgIpc) is 3.07. The highest BCUT2D eigenvalue weighted by molar-refractivity contribution is 5.47. The van der Waals surface area contributed by atoms with Crippen LogP contribution in [0.15, 0.2) is 0 Å². The first-order chi connectivity index (χ1) is 9.72. The van der Waals surface area contributed by atoms with E-state index in [-0.39, 0.29) is 0 Å². The minimum absolute atomic E-state index is 0.625. The van der Waals surface area contributed by atoms with Gasteiger partial charge in [0.25, 0.3) is 0 Å².